The van der Waals surface area contributed by atoms with Crippen LogP contribution in [0.1, 0.15) is 0 Å². The molecule has 11 aromatic rings. The Balaban J connectivity index is 1.27. The third kappa shape index (κ3) is 4.33. The van der Waals surface area contributed by atoms with E-state index in [1.807, 2.05) is 12.1 Å². The summed E-state index contributed by atoms with van der Waals surface area (Å²) in [5, 5.41) is 8.67. The average molecular weight is 665 g/mol. The lowest BCUT2D eigenvalue weighted by molar-refractivity contribution is 0.669. The first-order chi connectivity index (χ1) is 25.8. The fourth-order valence-electron chi connectivity index (χ4n) is 7.91. The summed E-state index contributed by atoms with van der Waals surface area (Å²) in [5.74, 6) is 1.83. The lowest BCUT2D eigenvalue weighted by Crippen LogP contribution is -2.01. The molecule has 0 N–H and O–H groups in total. The smallest absolute Gasteiger partial charge is 0.165 e. The molecule has 0 unspecified atom stereocenters. The van der Waals surface area contributed by atoms with Gasteiger partial charge in [-0.15, -0.1) is 0 Å². The van der Waals surface area contributed by atoms with Gasteiger partial charge < -0.3 is 8.98 Å². The maximum absolute atomic E-state index is 6.48. The van der Waals surface area contributed by atoms with Gasteiger partial charge in [-0.05, 0) is 64.0 Å². The highest BCUT2D eigenvalue weighted by Crippen LogP contribution is 2.43. The third-order valence-electron chi connectivity index (χ3n) is 10.2. The Labute approximate surface area is 298 Å². The summed E-state index contributed by atoms with van der Waals surface area (Å²) in [5.41, 5.74) is 7.76. The molecule has 0 fully saturated rings. The number of fused-ring (bicyclic) bond motifs is 8. The van der Waals surface area contributed by atoms with E-state index in [0.29, 0.717) is 17.5 Å². The number of nitrogens with zero attached hydrogens (tertiary/aromatic N) is 4. The van der Waals surface area contributed by atoms with Crippen LogP contribution in [-0.4, -0.2) is 19.5 Å². The van der Waals surface area contributed by atoms with Crippen molar-refractivity contribution in [1.82, 2.24) is 19.5 Å². The molecule has 242 valence electrons. The van der Waals surface area contributed by atoms with E-state index in [4.69, 9.17) is 19.4 Å². The maximum Gasteiger partial charge on any atom is 0.165 e. The molecule has 8 aromatic carbocycles. The summed E-state index contributed by atoms with van der Waals surface area (Å²) in [7, 11) is 0. The number of furan rings is 1. The van der Waals surface area contributed by atoms with Crippen LogP contribution in [0.25, 0.3) is 105 Å². The van der Waals surface area contributed by atoms with Crippen molar-refractivity contribution in [3.63, 3.8) is 0 Å². The number of hydrogen-bond acceptors (Lipinski definition) is 4. The van der Waals surface area contributed by atoms with E-state index in [0.717, 1.165) is 82.3 Å². The number of rotatable bonds is 4. The molecule has 0 radical (unpaired) electrons. The zero-order valence-corrected chi connectivity index (χ0v) is 27.9. The van der Waals surface area contributed by atoms with Crippen LogP contribution in [-0.2, 0) is 0 Å². The highest BCUT2D eigenvalue weighted by molar-refractivity contribution is 6.20. The van der Waals surface area contributed by atoms with E-state index in [-0.39, 0.29) is 0 Å². The Kier molecular flexibility index (Phi) is 6.18. The predicted molar refractivity (Wildman–Crippen MR) is 213 cm³/mol. The Morgan fingerprint density at radius 3 is 1.96 bits per heavy atom. The minimum absolute atomic E-state index is 0.602. The minimum Gasteiger partial charge on any atom is -0.456 e. The molecule has 0 bridgehead atoms. The van der Waals surface area contributed by atoms with E-state index < -0.39 is 0 Å². The molecule has 0 aliphatic carbocycles. The van der Waals surface area contributed by atoms with E-state index >= 15 is 0 Å². The lowest BCUT2D eigenvalue weighted by Gasteiger charge is -2.13. The van der Waals surface area contributed by atoms with Gasteiger partial charge in [-0.2, -0.15) is 0 Å². The number of para-hydroxylation sites is 3. The van der Waals surface area contributed by atoms with Crippen molar-refractivity contribution in [2.24, 2.45) is 0 Å². The number of benzene rings is 8. The van der Waals surface area contributed by atoms with Crippen LogP contribution < -0.4 is 0 Å². The molecule has 0 aliphatic heterocycles. The molecule has 0 saturated heterocycles. The first-order valence-electron chi connectivity index (χ1n) is 17.5. The Bertz CT molecular complexity index is 3190. The molecule has 5 nitrogen and oxygen atoms in total. The SMILES string of the molecule is c1ccc(-n2c3ccccc3c3c(-c4nc(-c5ccc6ccccc6c5)nc(-c5c6ccccc6cc6oc7ccccc7c56)n4)cccc32)cc1. The van der Waals surface area contributed by atoms with Gasteiger partial charge in [0, 0.05) is 43.9 Å². The van der Waals surface area contributed by atoms with Crippen molar-refractivity contribution in [3.8, 4) is 39.9 Å². The van der Waals surface area contributed by atoms with Crippen molar-refractivity contribution in [2.45, 2.75) is 0 Å². The van der Waals surface area contributed by atoms with Crippen molar-refractivity contribution in [2.75, 3.05) is 0 Å². The van der Waals surface area contributed by atoms with Crippen molar-refractivity contribution in [3.05, 3.63) is 170 Å². The van der Waals surface area contributed by atoms with Crippen LogP contribution in [0, 0.1) is 0 Å². The van der Waals surface area contributed by atoms with Crippen LogP contribution in [0.2, 0.25) is 0 Å². The minimum atomic E-state index is 0.602. The second-order valence-corrected chi connectivity index (χ2v) is 13.2. The molecule has 3 aromatic heterocycles. The fourth-order valence-corrected chi connectivity index (χ4v) is 7.91. The summed E-state index contributed by atoms with van der Waals surface area (Å²) < 4.78 is 8.80. The summed E-state index contributed by atoms with van der Waals surface area (Å²) in [6.45, 7) is 0. The normalized spacial score (nSPS) is 11.8. The topological polar surface area (TPSA) is 56.7 Å². The molecule has 52 heavy (non-hydrogen) atoms. The highest BCUT2D eigenvalue weighted by Gasteiger charge is 2.23. The fraction of sp³-hybridized carbons (Fsp3) is 0. The van der Waals surface area contributed by atoms with Gasteiger partial charge in [0.15, 0.2) is 17.5 Å². The van der Waals surface area contributed by atoms with Gasteiger partial charge in [0.1, 0.15) is 11.2 Å². The first-order valence-corrected chi connectivity index (χ1v) is 17.5. The van der Waals surface area contributed by atoms with Crippen LogP contribution in [0.5, 0.6) is 0 Å². The average Bonchev–Trinajstić information content (AvgIpc) is 3.75. The zero-order valence-electron chi connectivity index (χ0n) is 27.9. The molecule has 0 aliphatic rings. The van der Waals surface area contributed by atoms with E-state index in [1.54, 1.807) is 0 Å². The molecular weight excluding hydrogens is 637 g/mol. The standard InChI is InChI=1S/C47H28N4O/c1-2-16-33(17-3-1)51-38-22-10-8-19-35(38)42-37(21-12-23-39(42)51)46-48-45(32-26-25-29-13-4-5-14-30(29)27-32)49-47(50-46)44-34-18-7-6-15-31(34)28-41-43(44)36-20-9-11-24-40(36)52-41/h1-28H. The Morgan fingerprint density at radius 2 is 1.08 bits per heavy atom. The van der Waals surface area contributed by atoms with Gasteiger partial charge in [0.25, 0.3) is 0 Å². The molecule has 0 saturated carbocycles. The largest absolute Gasteiger partial charge is 0.456 e. The van der Waals surface area contributed by atoms with Gasteiger partial charge >= 0.3 is 0 Å². The van der Waals surface area contributed by atoms with Gasteiger partial charge in [-0.1, -0.05) is 127 Å². The molecule has 11 rings (SSSR count). The number of hydrogen-bond donors (Lipinski definition) is 0. The van der Waals surface area contributed by atoms with Crippen molar-refractivity contribution >= 4 is 65.3 Å². The Morgan fingerprint density at radius 1 is 0.404 bits per heavy atom. The number of aromatic nitrogens is 4. The summed E-state index contributed by atoms with van der Waals surface area (Å²) in [6, 6.07) is 59.1. The monoisotopic (exact) mass is 664 g/mol. The van der Waals surface area contributed by atoms with Crippen molar-refractivity contribution in [1.29, 1.82) is 0 Å². The molecule has 5 heteroatoms. The summed E-state index contributed by atoms with van der Waals surface area (Å²) >= 11 is 0. The van der Waals surface area contributed by atoms with Gasteiger partial charge in [-0.25, -0.2) is 15.0 Å². The van der Waals surface area contributed by atoms with Crippen LogP contribution in [0.15, 0.2) is 174 Å². The van der Waals surface area contributed by atoms with E-state index in [1.165, 1.54) is 5.39 Å². The molecule has 0 atom stereocenters. The molecule has 0 spiro atoms. The molecular formula is C47H28N4O. The highest BCUT2D eigenvalue weighted by atomic mass is 16.3. The lowest BCUT2D eigenvalue weighted by atomic mass is 9.97. The first kappa shape index (κ1) is 28.7. The van der Waals surface area contributed by atoms with Crippen LogP contribution >= 0.6 is 0 Å². The molecule has 0 amide bonds. The quantitative estimate of drug-likeness (QED) is 0.188. The van der Waals surface area contributed by atoms with Crippen LogP contribution in [0.4, 0.5) is 0 Å². The van der Waals surface area contributed by atoms with E-state index in [2.05, 4.69) is 162 Å². The van der Waals surface area contributed by atoms with E-state index in [9.17, 15) is 0 Å². The second kappa shape index (κ2) is 11.2. The van der Waals surface area contributed by atoms with Gasteiger partial charge in [0.2, 0.25) is 0 Å². The summed E-state index contributed by atoms with van der Waals surface area (Å²) in [6.07, 6.45) is 0. The Hall–Kier alpha value is -7.11. The predicted octanol–water partition coefficient (Wildman–Crippen LogP) is 12.2. The maximum atomic E-state index is 6.48. The zero-order chi connectivity index (χ0) is 34.2. The van der Waals surface area contributed by atoms with Crippen molar-refractivity contribution < 1.29 is 4.42 Å². The van der Waals surface area contributed by atoms with Crippen LogP contribution in [0.3, 0.4) is 0 Å². The third-order valence-corrected chi connectivity index (χ3v) is 10.2. The second-order valence-electron chi connectivity index (χ2n) is 13.2. The summed E-state index contributed by atoms with van der Waals surface area (Å²) in [4.78, 5) is 16.0. The molecule has 3 heterocycles. The van der Waals surface area contributed by atoms with Gasteiger partial charge in [0.05, 0.1) is 11.0 Å². The van der Waals surface area contributed by atoms with Gasteiger partial charge in [-0.3, -0.25) is 0 Å².